The Labute approximate surface area is 106 Å². The van der Waals surface area contributed by atoms with E-state index in [1.807, 2.05) is 11.3 Å². The number of nitrogens with one attached hydrogen (secondary N) is 2. The number of thiophene rings is 1. The lowest BCUT2D eigenvalue weighted by atomic mass is 10.1. The highest BCUT2D eigenvalue weighted by molar-refractivity contribution is 7.10. The molecular weight excluding hydrogens is 234 g/mol. The summed E-state index contributed by atoms with van der Waals surface area (Å²) in [6, 6.07) is 2.21. The third-order valence-electron chi connectivity index (χ3n) is 2.97. The van der Waals surface area contributed by atoms with Gasteiger partial charge in [-0.05, 0) is 30.5 Å². The second-order valence-electron chi connectivity index (χ2n) is 4.28. The van der Waals surface area contributed by atoms with Gasteiger partial charge in [0, 0.05) is 31.1 Å². The van der Waals surface area contributed by atoms with Crippen LogP contribution in [0.3, 0.4) is 0 Å². The zero-order chi connectivity index (χ0) is 12.1. The summed E-state index contributed by atoms with van der Waals surface area (Å²) >= 11 is 1.86. The summed E-state index contributed by atoms with van der Waals surface area (Å²) in [5, 5.41) is 7.92. The van der Waals surface area contributed by atoms with Gasteiger partial charge in [-0.2, -0.15) is 0 Å². The van der Waals surface area contributed by atoms with Crippen LogP contribution < -0.4 is 10.6 Å². The van der Waals surface area contributed by atoms with E-state index in [9.17, 15) is 4.79 Å². The lowest BCUT2D eigenvalue weighted by Crippen LogP contribution is -2.39. The van der Waals surface area contributed by atoms with Gasteiger partial charge in [0.05, 0.1) is 6.54 Å². The van der Waals surface area contributed by atoms with Gasteiger partial charge in [-0.15, -0.1) is 11.3 Å². The van der Waals surface area contributed by atoms with Crippen LogP contribution in [0.2, 0.25) is 0 Å². The summed E-state index contributed by atoms with van der Waals surface area (Å²) in [6.45, 7) is 4.20. The van der Waals surface area contributed by atoms with Crippen molar-refractivity contribution in [1.82, 2.24) is 15.5 Å². The largest absolute Gasteiger partial charge is 0.354 e. The molecule has 0 fully saturated rings. The number of amides is 1. The average Bonchev–Trinajstić information content (AvgIpc) is 2.76. The van der Waals surface area contributed by atoms with Gasteiger partial charge in [0.25, 0.3) is 0 Å². The molecule has 17 heavy (non-hydrogen) atoms. The molecule has 0 atom stereocenters. The first-order valence-electron chi connectivity index (χ1n) is 5.98. The molecule has 0 saturated carbocycles. The Morgan fingerprint density at radius 3 is 3.29 bits per heavy atom. The van der Waals surface area contributed by atoms with Gasteiger partial charge in [-0.25, -0.2) is 0 Å². The van der Waals surface area contributed by atoms with Gasteiger partial charge < -0.3 is 10.6 Å². The van der Waals surface area contributed by atoms with Crippen molar-refractivity contribution in [1.29, 1.82) is 0 Å². The molecular formula is C12H19N3OS. The number of carbonyl (C=O) groups is 1. The van der Waals surface area contributed by atoms with Crippen LogP contribution >= 0.6 is 11.3 Å². The minimum absolute atomic E-state index is 0.0701. The van der Waals surface area contributed by atoms with Crippen molar-refractivity contribution in [2.45, 2.75) is 13.0 Å². The van der Waals surface area contributed by atoms with Crippen LogP contribution in [-0.2, 0) is 17.8 Å². The number of hydrogen-bond donors (Lipinski definition) is 2. The van der Waals surface area contributed by atoms with Crippen molar-refractivity contribution in [3.05, 3.63) is 21.9 Å². The van der Waals surface area contributed by atoms with Crippen LogP contribution in [0.1, 0.15) is 10.4 Å². The zero-order valence-corrected chi connectivity index (χ0v) is 11.0. The monoisotopic (exact) mass is 253 g/mol. The van der Waals surface area contributed by atoms with E-state index in [1.165, 1.54) is 10.4 Å². The zero-order valence-electron chi connectivity index (χ0n) is 10.2. The van der Waals surface area contributed by atoms with Crippen LogP contribution in [0.15, 0.2) is 11.4 Å². The SMILES string of the molecule is CNCC(=O)NCCN1CCc2sccc2C1. The molecule has 1 amide bonds. The molecule has 0 unspecified atom stereocenters. The van der Waals surface area contributed by atoms with Gasteiger partial charge in [-0.1, -0.05) is 0 Å². The molecule has 0 radical (unpaired) electrons. The van der Waals surface area contributed by atoms with E-state index in [-0.39, 0.29) is 5.91 Å². The van der Waals surface area contributed by atoms with Gasteiger partial charge in [0.2, 0.25) is 5.91 Å². The van der Waals surface area contributed by atoms with Crippen molar-refractivity contribution < 1.29 is 4.79 Å². The second-order valence-corrected chi connectivity index (χ2v) is 5.28. The molecule has 2 heterocycles. The normalized spacial score (nSPS) is 15.6. The van der Waals surface area contributed by atoms with E-state index in [4.69, 9.17) is 0 Å². The van der Waals surface area contributed by atoms with Crippen molar-refractivity contribution in [2.75, 3.05) is 33.2 Å². The van der Waals surface area contributed by atoms with Crippen LogP contribution in [0.25, 0.3) is 0 Å². The van der Waals surface area contributed by atoms with Gasteiger partial charge >= 0.3 is 0 Å². The van der Waals surface area contributed by atoms with Crippen molar-refractivity contribution in [2.24, 2.45) is 0 Å². The highest BCUT2D eigenvalue weighted by Crippen LogP contribution is 2.23. The smallest absolute Gasteiger partial charge is 0.233 e. The molecule has 0 bridgehead atoms. The van der Waals surface area contributed by atoms with Crippen molar-refractivity contribution in [3.63, 3.8) is 0 Å². The fourth-order valence-electron chi connectivity index (χ4n) is 2.07. The highest BCUT2D eigenvalue weighted by atomic mass is 32.1. The lowest BCUT2D eigenvalue weighted by Gasteiger charge is -2.26. The maximum Gasteiger partial charge on any atom is 0.233 e. The summed E-state index contributed by atoms with van der Waals surface area (Å²) in [5.41, 5.74) is 1.46. The van der Waals surface area contributed by atoms with E-state index < -0.39 is 0 Å². The summed E-state index contributed by atoms with van der Waals surface area (Å²) in [7, 11) is 1.78. The molecule has 5 heteroatoms. The summed E-state index contributed by atoms with van der Waals surface area (Å²) in [5.74, 6) is 0.0701. The molecule has 0 aliphatic carbocycles. The van der Waals surface area contributed by atoms with E-state index >= 15 is 0 Å². The quantitative estimate of drug-likeness (QED) is 0.800. The van der Waals surface area contributed by atoms with Crippen LogP contribution in [-0.4, -0.2) is 44.0 Å². The lowest BCUT2D eigenvalue weighted by molar-refractivity contribution is -0.120. The third kappa shape index (κ3) is 3.52. The number of nitrogens with zero attached hydrogens (tertiary/aromatic N) is 1. The summed E-state index contributed by atoms with van der Waals surface area (Å²) in [6.07, 6.45) is 1.15. The summed E-state index contributed by atoms with van der Waals surface area (Å²) < 4.78 is 0. The molecule has 1 aromatic heterocycles. The predicted octanol–water partition coefficient (Wildman–Crippen LogP) is 0.442. The third-order valence-corrected chi connectivity index (χ3v) is 4.00. The number of rotatable bonds is 5. The minimum atomic E-state index is 0.0701. The first-order chi connectivity index (χ1) is 8.29. The first kappa shape index (κ1) is 12.5. The minimum Gasteiger partial charge on any atom is -0.354 e. The Bertz CT molecular complexity index is 378. The molecule has 0 aromatic carbocycles. The topological polar surface area (TPSA) is 44.4 Å². The standard InChI is InChI=1S/C12H19N3OS/c1-13-8-12(16)14-4-6-15-5-2-11-10(9-15)3-7-17-11/h3,7,13H,2,4-6,8-9H2,1H3,(H,14,16). The van der Waals surface area contributed by atoms with E-state index in [0.29, 0.717) is 6.54 Å². The maximum atomic E-state index is 11.3. The van der Waals surface area contributed by atoms with E-state index in [1.54, 1.807) is 7.05 Å². The maximum absolute atomic E-state index is 11.3. The van der Waals surface area contributed by atoms with Gasteiger partial charge in [0.15, 0.2) is 0 Å². The fraction of sp³-hybridized carbons (Fsp3) is 0.583. The van der Waals surface area contributed by atoms with Crippen molar-refractivity contribution >= 4 is 17.2 Å². The Morgan fingerprint density at radius 2 is 2.47 bits per heavy atom. The molecule has 94 valence electrons. The Hall–Kier alpha value is -0.910. The van der Waals surface area contributed by atoms with Crippen LogP contribution in [0.4, 0.5) is 0 Å². The number of fused-ring (bicyclic) bond motifs is 1. The molecule has 2 rings (SSSR count). The fourth-order valence-corrected chi connectivity index (χ4v) is 2.96. The van der Waals surface area contributed by atoms with Crippen molar-refractivity contribution in [3.8, 4) is 0 Å². The summed E-state index contributed by atoms with van der Waals surface area (Å²) in [4.78, 5) is 15.2. The molecule has 2 N–H and O–H groups in total. The predicted molar refractivity (Wildman–Crippen MR) is 70.2 cm³/mol. The molecule has 1 aliphatic heterocycles. The molecule has 1 aliphatic rings. The first-order valence-corrected chi connectivity index (χ1v) is 6.86. The Kier molecular flexibility index (Phi) is 4.53. The van der Waals surface area contributed by atoms with Crippen LogP contribution in [0, 0.1) is 0 Å². The molecule has 0 saturated heterocycles. The molecule has 4 nitrogen and oxygen atoms in total. The van der Waals surface area contributed by atoms with Gasteiger partial charge in [-0.3, -0.25) is 9.69 Å². The number of carbonyl (C=O) groups excluding carboxylic acids is 1. The Morgan fingerprint density at radius 1 is 1.59 bits per heavy atom. The second kappa shape index (κ2) is 6.14. The van der Waals surface area contributed by atoms with Crippen LogP contribution in [0.5, 0.6) is 0 Å². The highest BCUT2D eigenvalue weighted by Gasteiger charge is 2.16. The average molecular weight is 253 g/mol. The number of likely N-dealkylation sites (N-methyl/N-ethyl adjacent to an activating group) is 1. The molecule has 1 aromatic rings. The van der Waals surface area contributed by atoms with E-state index in [2.05, 4.69) is 27.0 Å². The Balaban J connectivity index is 1.70. The molecule has 0 spiro atoms. The van der Waals surface area contributed by atoms with E-state index in [0.717, 1.165) is 32.6 Å². The van der Waals surface area contributed by atoms with Gasteiger partial charge in [0.1, 0.15) is 0 Å². The number of hydrogen-bond acceptors (Lipinski definition) is 4.